The summed E-state index contributed by atoms with van der Waals surface area (Å²) in [4.78, 5) is 6.16. The second-order valence-electron chi connectivity index (χ2n) is 5.60. The summed E-state index contributed by atoms with van der Waals surface area (Å²) >= 11 is 1.49. The summed E-state index contributed by atoms with van der Waals surface area (Å²) < 4.78 is 39.0. The van der Waals surface area contributed by atoms with Gasteiger partial charge in [-0.15, -0.1) is 11.3 Å². The molecule has 0 amide bonds. The van der Waals surface area contributed by atoms with Gasteiger partial charge in [0.15, 0.2) is 0 Å². The van der Waals surface area contributed by atoms with Crippen molar-refractivity contribution in [3.63, 3.8) is 0 Å². The van der Waals surface area contributed by atoms with E-state index in [2.05, 4.69) is 4.98 Å². The third-order valence-corrected chi connectivity index (χ3v) is 4.99. The minimum atomic E-state index is -4.12. The van der Waals surface area contributed by atoms with E-state index in [9.17, 15) is 13.2 Å². The Morgan fingerprint density at radius 2 is 2.30 bits per heavy atom. The van der Waals surface area contributed by atoms with Crippen molar-refractivity contribution >= 4 is 11.3 Å². The number of hydrogen-bond donors (Lipinski definition) is 1. The van der Waals surface area contributed by atoms with Gasteiger partial charge in [-0.25, -0.2) is 4.98 Å². The van der Waals surface area contributed by atoms with Crippen LogP contribution in [-0.2, 0) is 6.54 Å². The highest BCUT2D eigenvalue weighted by atomic mass is 32.1. The fraction of sp³-hybridized carbons (Fsp3) is 0.769. The van der Waals surface area contributed by atoms with Crippen LogP contribution in [0.1, 0.15) is 31.4 Å². The number of aromatic nitrogens is 1. The SMILES string of the molecule is CN(Cc1cscn1)C1(CN)CCCC(C(F)(F)F)C1. The Morgan fingerprint density at radius 1 is 1.55 bits per heavy atom. The highest BCUT2D eigenvalue weighted by Crippen LogP contribution is 2.43. The first-order valence-corrected chi connectivity index (χ1v) is 7.67. The van der Waals surface area contributed by atoms with Crippen molar-refractivity contribution in [2.45, 2.75) is 43.9 Å². The van der Waals surface area contributed by atoms with E-state index in [1.807, 2.05) is 17.3 Å². The van der Waals surface area contributed by atoms with E-state index in [0.29, 0.717) is 13.0 Å². The highest BCUT2D eigenvalue weighted by molar-refractivity contribution is 7.07. The highest BCUT2D eigenvalue weighted by Gasteiger charge is 2.48. The summed E-state index contributed by atoms with van der Waals surface area (Å²) in [6, 6.07) is 0. The number of hydrogen-bond acceptors (Lipinski definition) is 4. The molecule has 1 fully saturated rings. The van der Waals surface area contributed by atoms with Gasteiger partial charge in [0.1, 0.15) is 0 Å². The molecule has 0 bridgehead atoms. The fourth-order valence-electron chi connectivity index (χ4n) is 3.03. The molecule has 1 aromatic heterocycles. The summed E-state index contributed by atoms with van der Waals surface area (Å²) in [7, 11) is 1.85. The summed E-state index contributed by atoms with van der Waals surface area (Å²) in [6.45, 7) is 0.797. The third kappa shape index (κ3) is 3.32. The molecule has 0 saturated heterocycles. The number of thiazole rings is 1. The van der Waals surface area contributed by atoms with Crippen LogP contribution in [0.25, 0.3) is 0 Å². The minimum Gasteiger partial charge on any atom is -0.329 e. The van der Waals surface area contributed by atoms with Gasteiger partial charge in [-0.1, -0.05) is 6.42 Å². The Labute approximate surface area is 121 Å². The smallest absolute Gasteiger partial charge is 0.329 e. The van der Waals surface area contributed by atoms with Crippen molar-refractivity contribution in [3.8, 4) is 0 Å². The Balaban J connectivity index is 2.11. The second-order valence-corrected chi connectivity index (χ2v) is 6.32. The molecule has 2 N–H and O–H groups in total. The molecule has 0 radical (unpaired) electrons. The standard InChI is InChI=1S/C13H20F3N3S/c1-19(6-11-7-20-9-18-11)12(8-17)4-2-3-10(5-12)13(14,15)16/h7,9-10H,2-6,8,17H2,1H3. The van der Waals surface area contributed by atoms with Crippen LogP contribution in [0.2, 0.25) is 0 Å². The zero-order valence-electron chi connectivity index (χ0n) is 11.5. The monoisotopic (exact) mass is 307 g/mol. The van der Waals surface area contributed by atoms with Crippen LogP contribution in [0.4, 0.5) is 13.2 Å². The number of nitrogens with zero attached hydrogens (tertiary/aromatic N) is 2. The lowest BCUT2D eigenvalue weighted by Crippen LogP contribution is -2.55. The predicted octanol–water partition coefficient (Wildman–Crippen LogP) is 3.02. The Hall–Kier alpha value is -0.660. The van der Waals surface area contributed by atoms with Gasteiger partial charge in [-0.3, -0.25) is 4.90 Å². The van der Waals surface area contributed by atoms with Gasteiger partial charge in [0, 0.05) is 24.0 Å². The van der Waals surface area contributed by atoms with Crippen LogP contribution in [0.3, 0.4) is 0 Å². The molecule has 0 aliphatic heterocycles. The molecule has 2 atom stereocenters. The lowest BCUT2D eigenvalue weighted by molar-refractivity contribution is -0.193. The zero-order chi connectivity index (χ0) is 14.8. The molecule has 0 aromatic carbocycles. The van der Waals surface area contributed by atoms with Crippen molar-refractivity contribution in [3.05, 3.63) is 16.6 Å². The lowest BCUT2D eigenvalue weighted by atomic mass is 9.74. The van der Waals surface area contributed by atoms with Crippen LogP contribution >= 0.6 is 11.3 Å². The van der Waals surface area contributed by atoms with Gasteiger partial charge in [0.25, 0.3) is 0 Å². The summed E-state index contributed by atoms with van der Waals surface area (Å²) in [6.07, 6.45) is -2.52. The van der Waals surface area contributed by atoms with Crippen LogP contribution < -0.4 is 5.73 Å². The van der Waals surface area contributed by atoms with E-state index < -0.39 is 17.6 Å². The average molecular weight is 307 g/mol. The van der Waals surface area contributed by atoms with Gasteiger partial charge >= 0.3 is 6.18 Å². The molecule has 114 valence electrons. The number of halogens is 3. The lowest BCUT2D eigenvalue weighted by Gasteiger charge is -2.46. The largest absolute Gasteiger partial charge is 0.391 e. The number of rotatable bonds is 4. The Morgan fingerprint density at radius 3 is 2.85 bits per heavy atom. The fourth-order valence-corrected chi connectivity index (χ4v) is 3.58. The number of likely N-dealkylation sites (N-methyl/N-ethyl adjacent to an activating group) is 1. The number of alkyl halides is 3. The normalized spacial score (nSPS) is 28.0. The molecule has 2 rings (SSSR count). The van der Waals surface area contributed by atoms with E-state index in [4.69, 9.17) is 5.73 Å². The predicted molar refractivity (Wildman–Crippen MR) is 73.4 cm³/mol. The van der Waals surface area contributed by atoms with E-state index in [0.717, 1.165) is 12.1 Å². The van der Waals surface area contributed by atoms with Crippen molar-refractivity contribution in [2.24, 2.45) is 11.7 Å². The van der Waals surface area contributed by atoms with E-state index in [1.54, 1.807) is 5.51 Å². The molecule has 1 aromatic rings. The average Bonchev–Trinajstić information content (AvgIpc) is 2.90. The molecule has 1 heterocycles. The van der Waals surface area contributed by atoms with Crippen molar-refractivity contribution in [1.82, 2.24) is 9.88 Å². The Bertz CT molecular complexity index is 421. The molecule has 1 aliphatic rings. The summed E-state index contributed by atoms with van der Waals surface area (Å²) in [5.41, 5.74) is 7.90. The van der Waals surface area contributed by atoms with Crippen molar-refractivity contribution in [2.75, 3.05) is 13.6 Å². The number of nitrogens with two attached hydrogens (primary N) is 1. The topological polar surface area (TPSA) is 42.2 Å². The maximum atomic E-state index is 13.0. The zero-order valence-corrected chi connectivity index (χ0v) is 12.3. The van der Waals surface area contributed by atoms with Crippen LogP contribution in [0.5, 0.6) is 0 Å². The van der Waals surface area contributed by atoms with E-state index in [1.165, 1.54) is 11.3 Å². The molecular weight excluding hydrogens is 287 g/mol. The summed E-state index contributed by atoms with van der Waals surface area (Å²) in [5.74, 6) is -1.24. The molecule has 1 aliphatic carbocycles. The van der Waals surface area contributed by atoms with E-state index >= 15 is 0 Å². The first-order chi connectivity index (χ1) is 9.37. The van der Waals surface area contributed by atoms with Crippen LogP contribution in [0.15, 0.2) is 10.9 Å². The molecule has 7 heteroatoms. The molecule has 1 saturated carbocycles. The molecule has 0 spiro atoms. The summed E-state index contributed by atoms with van der Waals surface area (Å²) in [5, 5.41) is 1.92. The van der Waals surface area contributed by atoms with Gasteiger partial charge < -0.3 is 5.73 Å². The maximum absolute atomic E-state index is 13.0. The van der Waals surface area contributed by atoms with Gasteiger partial charge in [0.05, 0.1) is 17.1 Å². The van der Waals surface area contributed by atoms with E-state index in [-0.39, 0.29) is 19.4 Å². The maximum Gasteiger partial charge on any atom is 0.391 e. The quantitative estimate of drug-likeness (QED) is 0.930. The second kappa shape index (κ2) is 5.99. The van der Waals surface area contributed by atoms with Crippen molar-refractivity contribution < 1.29 is 13.2 Å². The van der Waals surface area contributed by atoms with Gasteiger partial charge in [0.2, 0.25) is 0 Å². The van der Waals surface area contributed by atoms with Crippen molar-refractivity contribution in [1.29, 1.82) is 0 Å². The molecule has 20 heavy (non-hydrogen) atoms. The van der Waals surface area contributed by atoms with Gasteiger partial charge in [-0.05, 0) is 26.3 Å². The van der Waals surface area contributed by atoms with Crippen LogP contribution in [0, 0.1) is 5.92 Å². The van der Waals surface area contributed by atoms with Crippen LogP contribution in [-0.4, -0.2) is 35.2 Å². The molecule has 2 unspecified atom stereocenters. The molecular formula is C13H20F3N3S. The first-order valence-electron chi connectivity index (χ1n) is 6.72. The van der Waals surface area contributed by atoms with Gasteiger partial charge in [-0.2, -0.15) is 13.2 Å². The minimum absolute atomic E-state index is 0.0909. The Kier molecular flexibility index (Phi) is 4.71. The molecule has 3 nitrogen and oxygen atoms in total. The first kappa shape index (κ1) is 15.7. The third-order valence-electron chi connectivity index (χ3n) is 4.36.